The van der Waals surface area contributed by atoms with Gasteiger partial charge in [-0.25, -0.2) is 0 Å². The van der Waals surface area contributed by atoms with E-state index < -0.39 is 15.9 Å². The van der Waals surface area contributed by atoms with Crippen molar-refractivity contribution in [2.45, 2.75) is 26.2 Å². The third-order valence-corrected chi connectivity index (χ3v) is 2.08. The van der Waals surface area contributed by atoms with E-state index in [1.54, 1.807) is 0 Å². The lowest BCUT2D eigenvalue weighted by Crippen LogP contribution is -2.08. The lowest BCUT2D eigenvalue weighted by Gasteiger charge is -2.06. The average molecular weight is 208 g/mol. The van der Waals surface area contributed by atoms with Crippen molar-refractivity contribution in [3.05, 3.63) is 12.3 Å². The highest BCUT2D eigenvalue weighted by Gasteiger charge is 2.07. The fourth-order valence-electron chi connectivity index (χ4n) is 0.814. The quantitative estimate of drug-likeness (QED) is 0.392. The zero-order chi connectivity index (χ0) is 10.3. The van der Waals surface area contributed by atoms with Gasteiger partial charge in [-0.2, -0.15) is 8.42 Å². The second kappa shape index (κ2) is 5.99. The Bertz CT molecular complexity index is 243. The van der Waals surface area contributed by atoms with Gasteiger partial charge >= 0.3 is 0 Å². The van der Waals surface area contributed by atoms with Crippen LogP contribution in [-0.2, 0) is 14.9 Å². The van der Waals surface area contributed by atoms with Gasteiger partial charge in [0, 0.05) is 0 Å². The van der Waals surface area contributed by atoms with Gasteiger partial charge in [-0.15, -0.1) is 0 Å². The van der Waals surface area contributed by atoms with Gasteiger partial charge in [0.05, 0.1) is 6.61 Å². The Morgan fingerprint density at radius 3 is 2.54 bits per heavy atom. The summed E-state index contributed by atoms with van der Waals surface area (Å²) in [4.78, 5) is 0. The van der Waals surface area contributed by atoms with Crippen molar-refractivity contribution in [3.8, 4) is 0 Å². The molecule has 4 nitrogen and oxygen atoms in total. The molecule has 0 spiro atoms. The zero-order valence-electron chi connectivity index (χ0n) is 7.82. The van der Waals surface area contributed by atoms with Crippen LogP contribution in [0.4, 0.5) is 0 Å². The summed E-state index contributed by atoms with van der Waals surface area (Å²) < 4.78 is 34.1. The molecule has 13 heavy (non-hydrogen) atoms. The van der Waals surface area contributed by atoms with Crippen LogP contribution >= 0.6 is 0 Å². The molecule has 0 aromatic heterocycles. The van der Waals surface area contributed by atoms with Crippen LogP contribution in [0.5, 0.6) is 0 Å². The normalized spacial score (nSPS) is 11.2. The molecule has 1 N–H and O–H groups in total. The van der Waals surface area contributed by atoms with E-state index in [1.807, 2.05) is 0 Å². The van der Waals surface area contributed by atoms with Gasteiger partial charge in [0.25, 0.3) is 10.1 Å². The van der Waals surface area contributed by atoms with Gasteiger partial charge in [-0.05, 0) is 6.42 Å². The van der Waals surface area contributed by atoms with Gasteiger partial charge < -0.3 is 4.74 Å². The minimum Gasteiger partial charge on any atom is -0.497 e. The predicted octanol–water partition coefficient (Wildman–Crippen LogP) is 1.59. The Kier molecular flexibility index (Phi) is 5.73. The standard InChI is InChI=1S/C8H16O4S/c1-3-4-5-6-12-8(2)7-13(9,10)11/h2-7H2,1H3,(H,9,10,11). The molecule has 0 fully saturated rings. The Morgan fingerprint density at radius 2 is 2.08 bits per heavy atom. The van der Waals surface area contributed by atoms with Gasteiger partial charge in [-0.1, -0.05) is 26.3 Å². The zero-order valence-corrected chi connectivity index (χ0v) is 8.64. The number of hydrogen-bond acceptors (Lipinski definition) is 3. The van der Waals surface area contributed by atoms with E-state index in [4.69, 9.17) is 9.29 Å². The first-order valence-electron chi connectivity index (χ1n) is 4.21. The smallest absolute Gasteiger partial charge is 0.272 e. The lowest BCUT2D eigenvalue weighted by molar-refractivity contribution is 0.209. The maximum absolute atomic E-state index is 10.3. The average Bonchev–Trinajstić information content (AvgIpc) is 1.94. The second-order valence-corrected chi connectivity index (χ2v) is 4.27. The van der Waals surface area contributed by atoms with Crippen LogP contribution in [-0.4, -0.2) is 25.3 Å². The maximum Gasteiger partial charge on any atom is 0.272 e. The van der Waals surface area contributed by atoms with E-state index in [1.165, 1.54) is 0 Å². The molecule has 0 aliphatic carbocycles. The Labute approximate surface area is 79.3 Å². The summed E-state index contributed by atoms with van der Waals surface area (Å²) in [6, 6.07) is 0. The van der Waals surface area contributed by atoms with Crippen molar-refractivity contribution in [2.24, 2.45) is 0 Å². The van der Waals surface area contributed by atoms with Crippen LogP contribution < -0.4 is 0 Å². The SMILES string of the molecule is C=C(CS(=O)(=O)O)OCCCCC. The minimum absolute atomic E-state index is 0.0959. The summed E-state index contributed by atoms with van der Waals surface area (Å²) in [5.74, 6) is -0.419. The first-order chi connectivity index (χ1) is 5.95. The molecule has 0 aromatic carbocycles. The van der Waals surface area contributed by atoms with Crippen molar-refractivity contribution < 1.29 is 17.7 Å². The third-order valence-electron chi connectivity index (χ3n) is 1.40. The molecule has 0 unspecified atom stereocenters. The summed E-state index contributed by atoms with van der Waals surface area (Å²) in [5.41, 5.74) is 0. The van der Waals surface area contributed by atoms with E-state index >= 15 is 0 Å². The number of rotatable bonds is 7. The highest BCUT2D eigenvalue weighted by molar-refractivity contribution is 7.85. The first-order valence-corrected chi connectivity index (χ1v) is 5.82. The Morgan fingerprint density at radius 1 is 1.46 bits per heavy atom. The van der Waals surface area contributed by atoms with Crippen molar-refractivity contribution in [2.75, 3.05) is 12.4 Å². The van der Waals surface area contributed by atoms with Gasteiger partial charge in [0.1, 0.15) is 11.5 Å². The molecule has 0 aliphatic rings. The highest BCUT2D eigenvalue weighted by atomic mass is 32.2. The molecular formula is C8H16O4S. The minimum atomic E-state index is -3.99. The van der Waals surface area contributed by atoms with Gasteiger partial charge in [-0.3, -0.25) is 4.55 Å². The molecule has 5 heteroatoms. The maximum atomic E-state index is 10.3. The summed E-state index contributed by atoms with van der Waals surface area (Å²) >= 11 is 0. The molecule has 0 bridgehead atoms. The summed E-state index contributed by atoms with van der Waals surface area (Å²) in [5, 5.41) is 0. The molecule has 78 valence electrons. The molecular weight excluding hydrogens is 192 g/mol. The second-order valence-electron chi connectivity index (χ2n) is 2.82. The fraction of sp³-hybridized carbons (Fsp3) is 0.750. The van der Waals surface area contributed by atoms with E-state index in [2.05, 4.69) is 13.5 Å². The number of ether oxygens (including phenoxy) is 1. The van der Waals surface area contributed by atoms with E-state index in [-0.39, 0.29) is 5.76 Å². The number of unbranched alkanes of at least 4 members (excludes halogenated alkanes) is 2. The van der Waals surface area contributed by atoms with Crippen LogP contribution in [0.1, 0.15) is 26.2 Å². The molecule has 0 aromatic rings. The molecule has 0 rings (SSSR count). The Hall–Kier alpha value is -0.550. The largest absolute Gasteiger partial charge is 0.497 e. The topological polar surface area (TPSA) is 63.6 Å². The first kappa shape index (κ1) is 12.4. The van der Waals surface area contributed by atoms with Crippen molar-refractivity contribution in [3.63, 3.8) is 0 Å². The van der Waals surface area contributed by atoms with Gasteiger partial charge in [0.15, 0.2) is 0 Å². The summed E-state index contributed by atoms with van der Waals surface area (Å²) in [6.07, 6.45) is 2.99. The van der Waals surface area contributed by atoms with Gasteiger partial charge in [0.2, 0.25) is 0 Å². The van der Waals surface area contributed by atoms with Crippen LogP contribution in [0.3, 0.4) is 0 Å². The monoisotopic (exact) mass is 208 g/mol. The summed E-state index contributed by atoms with van der Waals surface area (Å²) in [6.45, 7) is 5.90. The molecule has 0 aliphatic heterocycles. The molecule has 0 radical (unpaired) electrons. The molecule has 0 heterocycles. The van der Waals surface area contributed by atoms with Crippen LogP contribution in [0.15, 0.2) is 12.3 Å². The van der Waals surface area contributed by atoms with Crippen LogP contribution in [0, 0.1) is 0 Å². The van der Waals surface area contributed by atoms with E-state index in [0.717, 1.165) is 19.3 Å². The van der Waals surface area contributed by atoms with Crippen molar-refractivity contribution in [1.82, 2.24) is 0 Å². The van der Waals surface area contributed by atoms with Crippen molar-refractivity contribution >= 4 is 10.1 Å². The fourth-order valence-corrected chi connectivity index (χ4v) is 1.30. The molecule has 0 amide bonds. The highest BCUT2D eigenvalue weighted by Crippen LogP contribution is 2.01. The number of hydrogen-bond donors (Lipinski definition) is 1. The van der Waals surface area contributed by atoms with Crippen molar-refractivity contribution in [1.29, 1.82) is 0 Å². The van der Waals surface area contributed by atoms with E-state index in [9.17, 15) is 8.42 Å². The van der Waals surface area contributed by atoms with E-state index in [0.29, 0.717) is 6.61 Å². The molecule has 0 atom stereocenters. The Balaban J connectivity index is 3.53. The van der Waals surface area contributed by atoms with Crippen LogP contribution in [0.2, 0.25) is 0 Å². The molecule has 0 saturated carbocycles. The lowest BCUT2D eigenvalue weighted by atomic mass is 10.3. The predicted molar refractivity (Wildman–Crippen MR) is 51.0 cm³/mol. The third kappa shape index (κ3) is 9.36. The molecule has 0 saturated heterocycles. The van der Waals surface area contributed by atoms with Crippen LogP contribution in [0.25, 0.3) is 0 Å². The summed E-state index contributed by atoms with van der Waals surface area (Å²) in [7, 11) is -3.99.